The van der Waals surface area contributed by atoms with E-state index in [4.69, 9.17) is 0 Å². The first-order valence-corrected chi connectivity index (χ1v) is 11.2. The SMILES string of the molecule is O=C(c1ccc(-c2ccccc2)cc1)N1CCC2(CC1)NC(=O)N(Cc1ccccc1)C2=O. The zero-order chi connectivity index (χ0) is 22.8. The van der Waals surface area contributed by atoms with Crippen LogP contribution in [0.25, 0.3) is 11.1 Å². The molecule has 2 heterocycles. The van der Waals surface area contributed by atoms with E-state index < -0.39 is 5.54 Å². The zero-order valence-electron chi connectivity index (χ0n) is 18.2. The number of piperidine rings is 1. The first-order chi connectivity index (χ1) is 16.1. The van der Waals surface area contributed by atoms with Gasteiger partial charge in [0.2, 0.25) is 0 Å². The van der Waals surface area contributed by atoms with E-state index in [1.807, 2.05) is 84.9 Å². The van der Waals surface area contributed by atoms with Gasteiger partial charge in [0.25, 0.3) is 11.8 Å². The number of imide groups is 1. The van der Waals surface area contributed by atoms with Gasteiger partial charge in [0, 0.05) is 18.7 Å². The number of urea groups is 1. The van der Waals surface area contributed by atoms with Crippen molar-refractivity contribution < 1.29 is 14.4 Å². The molecular weight excluding hydrogens is 414 g/mol. The standard InChI is InChI=1S/C27H25N3O3/c31-24(23-13-11-22(12-14-23)21-9-5-2-6-10-21)29-17-15-27(16-18-29)25(32)30(26(33)28-27)19-20-7-3-1-4-8-20/h1-14H,15-19H2,(H,28,33). The summed E-state index contributed by atoms with van der Waals surface area (Å²) >= 11 is 0. The van der Waals surface area contributed by atoms with Crippen LogP contribution < -0.4 is 5.32 Å². The molecule has 5 rings (SSSR count). The lowest BCUT2D eigenvalue weighted by Crippen LogP contribution is -2.55. The fourth-order valence-corrected chi connectivity index (χ4v) is 4.63. The molecule has 2 aliphatic rings. The normalized spacial score (nSPS) is 17.3. The molecular formula is C27H25N3O3. The van der Waals surface area contributed by atoms with Crippen molar-refractivity contribution in [2.75, 3.05) is 13.1 Å². The fraction of sp³-hybridized carbons (Fsp3) is 0.222. The van der Waals surface area contributed by atoms with E-state index in [2.05, 4.69) is 5.32 Å². The molecule has 0 saturated carbocycles. The molecule has 4 amide bonds. The minimum atomic E-state index is -0.917. The largest absolute Gasteiger partial charge is 0.338 e. The van der Waals surface area contributed by atoms with Gasteiger partial charge in [-0.05, 0) is 41.7 Å². The lowest BCUT2D eigenvalue weighted by atomic mass is 9.87. The van der Waals surface area contributed by atoms with E-state index in [0.29, 0.717) is 31.5 Å². The highest BCUT2D eigenvalue weighted by Crippen LogP contribution is 2.31. The van der Waals surface area contributed by atoms with Gasteiger partial charge in [0.1, 0.15) is 5.54 Å². The number of nitrogens with zero attached hydrogens (tertiary/aromatic N) is 2. The molecule has 0 bridgehead atoms. The summed E-state index contributed by atoms with van der Waals surface area (Å²) in [6.45, 7) is 1.10. The van der Waals surface area contributed by atoms with E-state index in [1.165, 1.54) is 4.90 Å². The summed E-state index contributed by atoms with van der Waals surface area (Å²) in [5, 5.41) is 2.91. The Balaban J connectivity index is 1.24. The summed E-state index contributed by atoms with van der Waals surface area (Å²) < 4.78 is 0. The van der Waals surface area contributed by atoms with Gasteiger partial charge < -0.3 is 10.2 Å². The number of rotatable bonds is 4. The number of hydrogen-bond acceptors (Lipinski definition) is 3. The van der Waals surface area contributed by atoms with Crippen molar-refractivity contribution in [2.24, 2.45) is 0 Å². The van der Waals surface area contributed by atoms with Gasteiger partial charge in [-0.1, -0.05) is 72.8 Å². The molecule has 1 N–H and O–H groups in total. The molecule has 3 aromatic rings. The minimum absolute atomic E-state index is 0.0534. The first-order valence-electron chi connectivity index (χ1n) is 11.2. The van der Waals surface area contributed by atoms with E-state index in [0.717, 1.165) is 16.7 Å². The van der Waals surface area contributed by atoms with E-state index in [1.54, 1.807) is 4.90 Å². The number of benzene rings is 3. The molecule has 0 atom stereocenters. The van der Waals surface area contributed by atoms with Crippen LogP contribution in [0.3, 0.4) is 0 Å². The molecule has 2 saturated heterocycles. The van der Waals surface area contributed by atoms with Crippen molar-refractivity contribution in [1.82, 2.24) is 15.1 Å². The molecule has 0 radical (unpaired) electrons. The quantitative estimate of drug-likeness (QED) is 0.623. The van der Waals surface area contributed by atoms with Crippen molar-refractivity contribution in [3.63, 3.8) is 0 Å². The summed E-state index contributed by atoms with van der Waals surface area (Å²) in [6, 6.07) is 26.7. The summed E-state index contributed by atoms with van der Waals surface area (Å²) in [4.78, 5) is 41.8. The summed E-state index contributed by atoms with van der Waals surface area (Å²) in [5.74, 6) is -0.252. The number of carbonyl (C=O) groups is 3. The van der Waals surface area contributed by atoms with Crippen molar-refractivity contribution in [2.45, 2.75) is 24.9 Å². The lowest BCUT2D eigenvalue weighted by molar-refractivity contribution is -0.133. The van der Waals surface area contributed by atoms with Crippen LogP contribution in [0.4, 0.5) is 4.79 Å². The number of amides is 4. The van der Waals surface area contributed by atoms with E-state index in [9.17, 15) is 14.4 Å². The van der Waals surface area contributed by atoms with Crippen LogP contribution in [0, 0.1) is 0 Å². The molecule has 0 aliphatic carbocycles. The Bertz CT molecular complexity index is 1170. The van der Waals surface area contributed by atoms with Crippen LogP contribution in [-0.4, -0.2) is 46.3 Å². The van der Waals surface area contributed by atoms with Gasteiger partial charge in [-0.25, -0.2) is 4.79 Å². The van der Waals surface area contributed by atoms with Crippen LogP contribution in [0.1, 0.15) is 28.8 Å². The Morgan fingerprint density at radius 1 is 0.788 bits per heavy atom. The Morgan fingerprint density at radius 2 is 1.36 bits per heavy atom. The average molecular weight is 440 g/mol. The first kappa shape index (κ1) is 20.9. The molecule has 0 aromatic heterocycles. The Labute approximate surface area is 192 Å². The maximum absolute atomic E-state index is 13.2. The molecule has 0 unspecified atom stereocenters. The van der Waals surface area contributed by atoms with Crippen LogP contribution in [0.5, 0.6) is 0 Å². The molecule has 2 fully saturated rings. The molecule has 166 valence electrons. The van der Waals surface area contributed by atoms with Gasteiger partial charge in [0.15, 0.2) is 0 Å². The van der Waals surface area contributed by atoms with Crippen molar-refractivity contribution in [3.05, 3.63) is 96.1 Å². The van der Waals surface area contributed by atoms with Gasteiger partial charge in [-0.15, -0.1) is 0 Å². The van der Waals surface area contributed by atoms with Crippen LogP contribution in [0.2, 0.25) is 0 Å². The summed E-state index contributed by atoms with van der Waals surface area (Å²) in [6.07, 6.45) is 0.827. The van der Waals surface area contributed by atoms with Crippen LogP contribution in [-0.2, 0) is 11.3 Å². The van der Waals surface area contributed by atoms with Gasteiger partial charge in [0.05, 0.1) is 6.54 Å². The smallest absolute Gasteiger partial charge is 0.325 e. The summed E-state index contributed by atoms with van der Waals surface area (Å²) in [5.41, 5.74) is 2.78. The fourth-order valence-electron chi connectivity index (χ4n) is 4.63. The molecule has 6 nitrogen and oxygen atoms in total. The highest BCUT2D eigenvalue weighted by Gasteiger charge is 2.52. The van der Waals surface area contributed by atoms with E-state index >= 15 is 0 Å². The van der Waals surface area contributed by atoms with Crippen LogP contribution >= 0.6 is 0 Å². The number of carbonyl (C=O) groups excluding carboxylic acids is 3. The Kier molecular flexibility index (Phi) is 5.42. The number of nitrogens with one attached hydrogen (secondary N) is 1. The Morgan fingerprint density at radius 3 is 2.00 bits per heavy atom. The second-order valence-electron chi connectivity index (χ2n) is 8.62. The van der Waals surface area contributed by atoms with Crippen molar-refractivity contribution in [1.29, 1.82) is 0 Å². The zero-order valence-corrected chi connectivity index (χ0v) is 18.2. The van der Waals surface area contributed by atoms with Gasteiger partial charge >= 0.3 is 6.03 Å². The van der Waals surface area contributed by atoms with E-state index in [-0.39, 0.29) is 24.4 Å². The third-order valence-electron chi connectivity index (χ3n) is 6.57. The minimum Gasteiger partial charge on any atom is -0.338 e. The topological polar surface area (TPSA) is 69.7 Å². The second-order valence-corrected chi connectivity index (χ2v) is 8.62. The summed E-state index contributed by atoms with van der Waals surface area (Å²) in [7, 11) is 0. The lowest BCUT2D eigenvalue weighted by Gasteiger charge is -2.37. The number of hydrogen-bond donors (Lipinski definition) is 1. The third kappa shape index (κ3) is 4.00. The van der Waals surface area contributed by atoms with Crippen molar-refractivity contribution >= 4 is 17.8 Å². The van der Waals surface area contributed by atoms with Crippen molar-refractivity contribution in [3.8, 4) is 11.1 Å². The molecule has 1 spiro atoms. The highest BCUT2D eigenvalue weighted by molar-refractivity contribution is 6.07. The molecule has 33 heavy (non-hydrogen) atoms. The number of likely N-dealkylation sites (tertiary alicyclic amines) is 1. The maximum Gasteiger partial charge on any atom is 0.325 e. The van der Waals surface area contributed by atoms with Gasteiger partial charge in [-0.2, -0.15) is 0 Å². The second kappa shape index (κ2) is 8.54. The Hall–Kier alpha value is -3.93. The highest BCUT2D eigenvalue weighted by atomic mass is 16.2. The maximum atomic E-state index is 13.2. The molecule has 2 aliphatic heterocycles. The predicted octanol–water partition coefficient (Wildman–Crippen LogP) is 4.08. The average Bonchev–Trinajstić information content (AvgIpc) is 3.09. The monoisotopic (exact) mass is 439 g/mol. The molecule has 6 heteroatoms. The predicted molar refractivity (Wildman–Crippen MR) is 125 cm³/mol. The van der Waals surface area contributed by atoms with Gasteiger partial charge in [-0.3, -0.25) is 14.5 Å². The molecule has 3 aromatic carbocycles. The van der Waals surface area contributed by atoms with Crippen LogP contribution in [0.15, 0.2) is 84.9 Å². The third-order valence-corrected chi connectivity index (χ3v) is 6.57.